The fraction of sp³-hybridized carbons (Fsp3) is 0.345. The minimum atomic E-state index is -4.77. The van der Waals surface area contributed by atoms with Crippen LogP contribution in [-0.4, -0.2) is 19.7 Å². The Morgan fingerprint density at radius 3 is 2.00 bits per heavy atom. The minimum Gasteiger partial charge on any atom is -0.252 e. The Balaban J connectivity index is 1.93. The van der Waals surface area contributed by atoms with Crippen LogP contribution in [0.5, 0.6) is 0 Å². The second kappa shape index (κ2) is 8.19. The molecule has 0 radical (unpaired) electrons. The molecule has 0 saturated carbocycles. The summed E-state index contributed by atoms with van der Waals surface area (Å²) in [5.74, 6) is -1.46. The van der Waals surface area contributed by atoms with Gasteiger partial charge in [-0.3, -0.25) is 4.98 Å². The molecule has 4 aromatic rings. The fourth-order valence-corrected chi connectivity index (χ4v) is 5.02. The zero-order valence-electron chi connectivity index (χ0n) is 21.9. The van der Waals surface area contributed by atoms with Crippen molar-refractivity contribution in [2.45, 2.75) is 64.0 Å². The highest BCUT2D eigenvalue weighted by Gasteiger charge is 2.49. The average molecular weight is 527 g/mol. The second-order valence-electron chi connectivity index (χ2n) is 11.3. The summed E-state index contributed by atoms with van der Waals surface area (Å²) in [7, 11) is 0. The van der Waals surface area contributed by atoms with E-state index in [2.05, 4.69) is 10.1 Å². The van der Waals surface area contributed by atoms with Crippen molar-refractivity contribution < 1.29 is 22.0 Å². The van der Waals surface area contributed by atoms with Gasteiger partial charge in [-0.15, -0.1) is 0 Å². The van der Waals surface area contributed by atoms with Crippen LogP contribution < -0.4 is 0 Å². The molecule has 0 unspecified atom stereocenters. The molecule has 0 saturated heterocycles. The molecule has 0 aliphatic carbocycles. The lowest BCUT2D eigenvalue weighted by molar-refractivity contribution is -0.142. The average Bonchev–Trinajstić information content (AvgIpc) is 3.31. The third-order valence-electron chi connectivity index (χ3n) is 8.22. The number of alkyl halides is 3. The van der Waals surface area contributed by atoms with Crippen LogP contribution in [0.1, 0.15) is 69.8 Å². The molecule has 4 nitrogen and oxygen atoms in total. The van der Waals surface area contributed by atoms with Gasteiger partial charge in [0.15, 0.2) is 11.5 Å². The third-order valence-corrected chi connectivity index (χ3v) is 8.22. The Hall–Kier alpha value is -3.62. The van der Waals surface area contributed by atoms with Gasteiger partial charge in [-0.25, -0.2) is 18.4 Å². The first kappa shape index (κ1) is 26.0. The number of nitrogens with zero attached hydrogens (tertiary/aromatic N) is 4. The summed E-state index contributed by atoms with van der Waals surface area (Å²) in [6, 6.07) is 12.3. The Labute approximate surface area is 217 Å². The molecule has 4 heterocycles. The number of fused-ring (bicyclic) bond motifs is 10. The molecule has 1 aromatic carbocycles. The third kappa shape index (κ3) is 3.82. The molecule has 9 heteroatoms. The van der Waals surface area contributed by atoms with Crippen LogP contribution in [0.4, 0.5) is 22.0 Å². The molecular weight excluding hydrogens is 499 g/mol. The van der Waals surface area contributed by atoms with Gasteiger partial charge in [-0.2, -0.15) is 18.3 Å². The molecule has 5 rings (SSSR count). The van der Waals surface area contributed by atoms with Crippen molar-refractivity contribution >= 4 is 0 Å². The van der Waals surface area contributed by atoms with Crippen molar-refractivity contribution in [3.63, 3.8) is 0 Å². The molecule has 3 aromatic heterocycles. The molecule has 0 fully saturated rings. The van der Waals surface area contributed by atoms with Gasteiger partial charge in [0.25, 0.3) is 0 Å². The van der Waals surface area contributed by atoms with E-state index in [0.717, 1.165) is 10.7 Å². The first-order valence-corrected chi connectivity index (χ1v) is 12.2. The van der Waals surface area contributed by atoms with Crippen molar-refractivity contribution in [2.24, 2.45) is 0 Å². The van der Waals surface area contributed by atoms with E-state index < -0.39 is 39.7 Å². The lowest BCUT2D eigenvalue weighted by Crippen LogP contribution is -2.42. The minimum absolute atomic E-state index is 0.0613. The van der Waals surface area contributed by atoms with Gasteiger partial charge in [0.05, 0.1) is 17.1 Å². The molecule has 38 heavy (non-hydrogen) atoms. The SMILES string of the molecule is CC1(C)c2cccc(n2)-c2cc(c(F)cc2F)C(C)(C)C(C)(C)c2cn(nc2C(F)(F)F)-c2cccc1n2. The zero-order valence-corrected chi connectivity index (χ0v) is 21.9. The van der Waals surface area contributed by atoms with E-state index in [1.807, 2.05) is 13.8 Å². The monoisotopic (exact) mass is 526 g/mol. The van der Waals surface area contributed by atoms with Gasteiger partial charge < -0.3 is 0 Å². The summed E-state index contributed by atoms with van der Waals surface area (Å²) < 4.78 is 74.7. The molecule has 0 N–H and O–H groups in total. The van der Waals surface area contributed by atoms with E-state index >= 15 is 8.78 Å². The maximum atomic E-state index is 15.4. The van der Waals surface area contributed by atoms with Gasteiger partial charge in [-0.05, 0) is 49.7 Å². The summed E-state index contributed by atoms with van der Waals surface area (Å²) in [6.07, 6.45) is -3.46. The van der Waals surface area contributed by atoms with Crippen LogP contribution in [0.2, 0.25) is 0 Å². The van der Waals surface area contributed by atoms with E-state index in [4.69, 9.17) is 4.98 Å². The van der Waals surface area contributed by atoms with Crippen molar-refractivity contribution in [1.82, 2.24) is 19.7 Å². The topological polar surface area (TPSA) is 43.6 Å². The van der Waals surface area contributed by atoms with Crippen LogP contribution in [-0.2, 0) is 22.4 Å². The van der Waals surface area contributed by atoms with Crippen LogP contribution in [0.25, 0.3) is 17.1 Å². The Morgan fingerprint density at radius 2 is 1.34 bits per heavy atom. The van der Waals surface area contributed by atoms with Crippen LogP contribution >= 0.6 is 0 Å². The highest BCUT2D eigenvalue weighted by atomic mass is 19.4. The summed E-state index contributed by atoms with van der Waals surface area (Å²) in [5.41, 5.74) is -3.02. The largest absolute Gasteiger partial charge is 0.435 e. The first-order chi connectivity index (χ1) is 17.5. The first-order valence-electron chi connectivity index (χ1n) is 12.2. The summed E-state index contributed by atoms with van der Waals surface area (Å²) >= 11 is 0. The van der Waals surface area contributed by atoms with Gasteiger partial charge in [0, 0.05) is 39.6 Å². The zero-order chi connectivity index (χ0) is 27.8. The molecular formula is C29H27F5N4. The summed E-state index contributed by atoms with van der Waals surface area (Å²) in [4.78, 5) is 9.39. The van der Waals surface area contributed by atoms with Crippen LogP contribution in [0.3, 0.4) is 0 Å². The second-order valence-corrected chi connectivity index (χ2v) is 11.3. The number of halogens is 5. The predicted octanol–water partition coefficient (Wildman–Crippen LogP) is 7.52. The summed E-state index contributed by atoms with van der Waals surface area (Å²) in [5, 5.41) is 3.93. The van der Waals surface area contributed by atoms with E-state index in [-0.39, 0.29) is 28.2 Å². The van der Waals surface area contributed by atoms with Crippen molar-refractivity contribution in [3.05, 3.63) is 94.6 Å². The van der Waals surface area contributed by atoms with Crippen molar-refractivity contribution in [3.8, 4) is 17.1 Å². The molecule has 0 spiro atoms. The van der Waals surface area contributed by atoms with Gasteiger partial charge in [0.2, 0.25) is 0 Å². The van der Waals surface area contributed by atoms with Crippen LogP contribution in [0.15, 0.2) is 54.7 Å². The number of pyridine rings is 2. The van der Waals surface area contributed by atoms with E-state index in [1.54, 1.807) is 64.1 Å². The number of hydrogen-bond donors (Lipinski definition) is 0. The lowest BCUT2D eigenvalue weighted by Gasteiger charge is -2.42. The number of hydrogen-bond acceptors (Lipinski definition) is 3. The van der Waals surface area contributed by atoms with E-state index in [1.165, 1.54) is 12.3 Å². The maximum Gasteiger partial charge on any atom is 0.435 e. The van der Waals surface area contributed by atoms with Crippen molar-refractivity contribution in [1.29, 1.82) is 0 Å². The Bertz CT molecular complexity index is 1560. The molecule has 1 aliphatic heterocycles. The Kier molecular flexibility index (Phi) is 5.60. The molecule has 1 aliphatic rings. The molecule has 0 atom stereocenters. The maximum absolute atomic E-state index is 15.4. The summed E-state index contributed by atoms with van der Waals surface area (Å²) in [6.45, 7) is 10.3. The smallest absolute Gasteiger partial charge is 0.252 e. The standard InChI is InChI=1S/C29H27F5N4/c1-26(2)22-10-7-9-21(35-22)16-13-17(20(31)14-19(16)30)27(3,4)28(5,6)18-15-38(37-25(18)29(32,33)34)24-12-8-11-23(26)36-24/h7-15H,1-6H3. The van der Waals surface area contributed by atoms with Crippen molar-refractivity contribution in [2.75, 3.05) is 0 Å². The molecule has 8 bridgehead atoms. The van der Waals surface area contributed by atoms with E-state index in [9.17, 15) is 13.2 Å². The Morgan fingerprint density at radius 1 is 0.737 bits per heavy atom. The normalized spacial score (nSPS) is 17.4. The highest BCUT2D eigenvalue weighted by molar-refractivity contribution is 5.63. The van der Waals surface area contributed by atoms with Gasteiger partial charge in [0.1, 0.15) is 11.6 Å². The lowest BCUT2D eigenvalue weighted by atomic mass is 9.60. The van der Waals surface area contributed by atoms with Gasteiger partial charge >= 0.3 is 6.18 Å². The number of rotatable bonds is 0. The molecule has 0 amide bonds. The van der Waals surface area contributed by atoms with E-state index in [0.29, 0.717) is 11.4 Å². The number of aromatic nitrogens is 4. The van der Waals surface area contributed by atoms with Crippen LogP contribution in [0, 0.1) is 11.6 Å². The molecule has 198 valence electrons. The number of benzene rings is 1. The highest BCUT2D eigenvalue weighted by Crippen LogP contribution is 2.49. The fourth-order valence-electron chi connectivity index (χ4n) is 5.02. The predicted molar refractivity (Wildman–Crippen MR) is 134 cm³/mol. The quantitative estimate of drug-likeness (QED) is 0.223. The van der Waals surface area contributed by atoms with Gasteiger partial charge in [-0.1, -0.05) is 39.8 Å².